The van der Waals surface area contributed by atoms with Crippen molar-refractivity contribution in [1.82, 2.24) is 15.3 Å². The van der Waals surface area contributed by atoms with Crippen molar-refractivity contribution in [3.63, 3.8) is 0 Å². The van der Waals surface area contributed by atoms with Crippen LogP contribution in [0.4, 0.5) is 4.39 Å². The summed E-state index contributed by atoms with van der Waals surface area (Å²) in [5.41, 5.74) is 2.12. The fourth-order valence-electron chi connectivity index (χ4n) is 2.73. The quantitative estimate of drug-likeness (QED) is 0.634. The van der Waals surface area contributed by atoms with Crippen molar-refractivity contribution >= 4 is 39.2 Å². The van der Waals surface area contributed by atoms with Crippen molar-refractivity contribution in [2.24, 2.45) is 0 Å². The largest absolute Gasteiger partial charge is 0.351 e. The predicted molar refractivity (Wildman–Crippen MR) is 113 cm³/mol. The number of aryl methyl sites for hydroxylation is 3. The molecule has 28 heavy (non-hydrogen) atoms. The van der Waals surface area contributed by atoms with E-state index in [1.807, 2.05) is 13.8 Å². The monoisotopic (exact) mass is 419 g/mol. The smallest absolute Gasteiger partial charge is 0.259 e. The minimum Gasteiger partial charge on any atom is -0.351 e. The van der Waals surface area contributed by atoms with Crippen LogP contribution in [0.5, 0.6) is 0 Å². The molecular formula is C20H22FN3O2S2. The van der Waals surface area contributed by atoms with Gasteiger partial charge in [-0.15, -0.1) is 23.1 Å². The standard InChI is InChI=1S/C20H22FN3O2S2/c1-10-5-6-14(7-15(10)21)8-22-18(25)13(4)27-9-16-23-19(26)17-11(2)12(3)28-20(17)24-16/h5-7,13H,8-9H2,1-4H3,(H,22,25)(H,23,24,26). The molecule has 1 atom stereocenters. The SMILES string of the molecule is Cc1ccc(CNC(=O)C(C)SCc2nc3sc(C)c(C)c3c(=O)[nH]2)cc1F. The Morgan fingerprint density at radius 3 is 2.82 bits per heavy atom. The first-order chi connectivity index (χ1) is 13.3. The van der Waals surface area contributed by atoms with Crippen molar-refractivity contribution in [1.29, 1.82) is 0 Å². The van der Waals surface area contributed by atoms with Gasteiger partial charge in [-0.3, -0.25) is 9.59 Å². The van der Waals surface area contributed by atoms with E-state index in [1.54, 1.807) is 26.0 Å². The molecule has 0 aliphatic rings. The van der Waals surface area contributed by atoms with E-state index in [4.69, 9.17) is 0 Å². The number of hydrogen-bond donors (Lipinski definition) is 2. The molecule has 0 spiro atoms. The summed E-state index contributed by atoms with van der Waals surface area (Å²) in [5, 5.41) is 3.13. The van der Waals surface area contributed by atoms with E-state index in [1.165, 1.54) is 29.2 Å². The van der Waals surface area contributed by atoms with Crippen molar-refractivity contribution in [3.8, 4) is 0 Å². The number of thioether (sulfide) groups is 1. The lowest BCUT2D eigenvalue weighted by atomic mass is 10.1. The number of aromatic amines is 1. The number of aromatic nitrogens is 2. The van der Waals surface area contributed by atoms with Gasteiger partial charge in [0.05, 0.1) is 16.4 Å². The third-order valence-electron chi connectivity index (χ3n) is 4.63. The highest BCUT2D eigenvalue weighted by atomic mass is 32.2. The van der Waals surface area contributed by atoms with Crippen LogP contribution in [0.15, 0.2) is 23.0 Å². The third kappa shape index (κ3) is 4.44. The number of halogens is 1. The summed E-state index contributed by atoms with van der Waals surface area (Å²) in [6.45, 7) is 7.67. The Morgan fingerprint density at radius 2 is 2.11 bits per heavy atom. The third-order valence-corrected chi connectivity index (χ3v) is 6.89. The Kier molecular flexibility index (Phi) is 6.20. The van der Waals surface area contributed by atoms with E-state index >= 15 is 0 Å². The highest BCUT2D eigenvalue weighted by Gasteiger charge is 2.16. The van der Waals surface area contributed by atoms with Gasteiger partial charge in [-0.2, -0.15) is 0 Å². The number of rotatable bonds is 6. The zero-order valence-corrected chi connectivity index (χ0v) is 17.8. The maximum atomic E-state index is 13.6. The fourth-order valence-corrected chi connectivity index (χ4v) is 4.55. The molecule has 0 aliphatic carbocycles. The zero-order chi connectivity index (χ0) is 20.4. The molecule has 0 radical (unpaired) electrons. The molecule has 0 aliphatic heterocycles. The Hall–Kier alpha value is -2.19. The lowest BCUT2D eigenvalue weighted by molar-refractivity contribution is -0.120. The Morgan fingerprint density at radius 1 is 1.36 bits per heavy atom. The number of carbonyl (C=O) groups is 1. The minimum absolute atomic E-state index is 0.138. The van der Waals surface area contributed by atoms with Crippen LogP contribution in [0.2, 0.25) is 0 Å². The molecule has 1 amide bonds. The fraction of sp³-hybridized carbons (Fsp3) is 0.350. The molecule has 0 fully saturated rings. The van der Waals surface area contributed by atoms with Gasteiger partial charge in [0.1, 0.15) is 16.5 Å². The minimum atomic E-state index is -0.330. The summed E-state index contributed by atoms with van der Waals surface area (Å²) < 4.78 is 13.6. The normalized spacial score (nSPS) is 12.3. The van der Waals surface area contributed by atoms with Crippen LogP contribution in [0.3, 0.4) is 0 Å². The van der Waals surface area contributed by atoms with Crippen molar-refractivity contribution in [3.05, 3.63) is 61.8 Å². The molecule has 0 bridgehead atoms. The van der Waals surface area contributed by atoms with Gasteiger partial charge in [0.2, 0.25) is 5.91 Å². The molecule has 3 rings (SSSR count). The number of thiophene rings is 1. The maximum Gasteiger partial charge on any atom is 0.259 e. The van der Waals surface area contributed by atoms with Crippen LogP contribution >= 0.6 is 23.1 Å². The topological polar surface area (TPSA) is 74.8 Å². The predicted octanol–water partition coefficient (Wildman–Crippen LogP) is 3.99. The highest BCUT2D eigenvalue weighted by molar-refractivity contribution is 7.99. The lowest BCUT2D eigenvalue weighted by Gasteiger charge is -2.12. The number of nitrogens with zero attached hydrogens (tertiary/aromatic N) is 1. The van der Waals surface area contributed by atoms with Crippen LogP contribution in [-0.4, -0.2) is 21.1 Å². The number of carbonyl (C=O) groups excluding carboxylic acids is 1. The van der Waals surface area contributed by atoms with Gasteiger partial charge in [-0.1, -0.05) is 12.1 Å². The summed E-state index contributed by atoms with van der Waals surface area (Å²) in [4.78, 5) is 33.8. The molecule has 148 valence electrons. The molecule has 8 heteroatoms. The second-order valence-corrected chi connectivity index (χ2v) is 9.26. The van der Waals surface area contributed by atoms with E-state index in [9.17, 15) is 14.0 Å². The van der Waals surface area contributed by atoms with Gasteiger partial charge in [-0.25, -0.2) is 9.37 Å². The Bertz CT molecular complexity index is 1090. The summed E-state index contributed by atoms with van der Waals surface area (Å²) in [6, 6.07) is 4.93. The molecule has 1 unspecified atom stereocenters. The van der Waals surface area contributed by atoms with Gasteiger partial charge in [-0.05, 0) is 50.5 Å². The number of nitrogens with one attached hydrogen (secondary N) is 2. The average Bonchev–Trinajstić information content (AvgIpc) is 2.94. The number of amides is 1. The maximum absolute atomic E-state index is 13.6. The Balaban J connectivity index is 1.59. The number of benzene rings is 1. The highest BCUT2D eigenvalue weighted by Crippen LogP contribution is 2.26. The van der Waals surface area contributed by atoms with Gasteiger partial charge in [0, 0.05) is 11.4 Å². The lowest BCUT2D eigenvalue weighted by Crippen LogP contribution is -2.30. The molecule has 0 saturated carbocycles. The first kappa shape index (κ1) is 20.5. The van der Waals surface area contributed by atoms with Crippen LogP contribution < -0.4 is 10.9 Å². The average molecular weight is 420 g/mol. The summed E-state index contributed by atoms with van der Waals surface area (Å²) in [7, 11) is 0. The molecule has 0 saturated heterocycles. The van der Waals surface area contributed by atoms with E-state index in [0.717, 1.165) is 15.3 Å². The van der Waals surface area contributed by atoms with Crippen LogP contribution in [0.25, 0.3) is 10.2 Å². The second kappa shape index (κ2) is 8.45. The number of hydrogen-bond acceptors (Lipinski definition) is 5. The molecule has 5 nitrogen and oxygen atoms in total. The molecule has 1 aromatic carbocycles. The molecule has 2 heterocycles. The van der Waals surface area contributed by atoms with Gasteiger partial charge >= 0.3 is 0 Å². The van der Waals surface area contributed by atoms with Crippen molar-refractivity contribution in [2.45, 2.75) is 45.2 Å². The molecule has 3 aromatic rings. The first-order valence-electron chi connectivity index (χ1n) is 8.89. The van der Waals surface area contributed by atoms with Crippen molar-refractivity contribution in [2.75, 3.05) is 0 Å². The second-order valence-electron chi connectivity index (χ2n) is 6.73. The zero-order valence-electron chi connectivity index (χ0n) is 16.2. The molecular weight excluding hydrogens is 397 g/mol. The van der Waals surface area contributed by atoms with E-state index < -0.39 is 0 Å². The van der Waals surface area contributed by atoms with E-state index in [0.29, 0.717) is 28.1 Å². The summed E-state index contributed by atoms with van der Waals surface area (Å²) in [5.74, 6) is 0.564. The first-order valence-corrected chi connectivity index (χ1v) is 10.8. The van der Waals surface area contributed by atoms with Gasteiger partial charge < -0.3 is 10.3 Å². The number of fused-ring (bicyclic) bond motifs is 1. The van der Waals surface area contributed by atoms with Crippen LogP contribution in [-0.2, 0) is 17.1 Å². The summed E-state index contributed by atoms with van der Waals surface area (Å²) in [6.07, 6.45) is 0. The Labute approximate surface area is 170 Å². The molecule has 2 N–H and O–H groups in total. The van der Waals surface area contributed by atoms with Crippen LogP contribution in [0.1, 0.15) is 34.3 Å². The van der Waals surface area contributed by atoms with Gasteiger partial charge in [0.15, 0.2) is 0 Å². The van der Waals surface area contributed by atoms with Crippen LogP contribution in [0, 0.1) is 26.6 Å². The van der Waals surface area contributed by atoms with E-state index in [2.05, 4.69) is 15.3 Å². The van der Waals surface area contributed by atoms with Crippen molar-refractivity contribution < 1.29 is 9.18 Å². The van der Waals surface area contributed by atoms with Gasteiger partial charge in [0.25, 0.3) is 5.56 Å². The summed E-state index contributed by atoms with van der Waals surface area (Å²) >= 11 is 2.90. The van der Waals surface area contributed by atoms with E-state index in [-0.39, 0.29) is 29.1 Å². The number of H-pyrrole nitrogens is 1. The molecule has 2 aromatic heterocycles.